The van der Waals surface area contributed by atoms with Gasteiger partial charge in [-0.05, 0) is 36.5 Å². The number of esters is 1. The van der Waals surface area contributed by atoms with Gasteiger partial charge in [-0.2, -0.15) is 0 Å². The van der Waals surface area contributed by atoms with Crippen molar-refractivity contribution < 1.29 is 24.2 Å². The molecule has 0 aliphatic carbocycles. The van der Waals surface area contributed by atoms with E-state index in [1.165, 1.54) is 0 Å². The second-order valence-electron chi connectivity index (χ2n) is 7.31. The van der Waals surface area contributed by atoms with Gasteiger partial charge in [0.2, 0.25) is 5.91 Å². The van der Waals surface area contributed by atoms with Crippen molar-refractivity contribution in [3.8, 4) is 11.1 Å². The Labute approximate surface area is 213 Å². The summed E-state index contributed by atoms with van der Waals surface area (Å²) in [5, 5.41) is 11.7. The summed E-state index contributed by atoms with van der Waals surface area (Å²) < 4.78 is 5.07. The molecule has 0 bridgehead atoms. The molecule has 31 heavy (non-hydrogen) atoms. The molecule has 0 aliphatic rings. The van der Waals surface area contributed by atoms with Crippen molar-refractivity contribution in [2.75, 3.05) is 6.61 Å². The molecule has 0 unspecified atom stereocenters. The molecule has 2 aromatic rings. The number of carboxylic acid groups (broad SMARTS) is 1. The molecule has 2 rings (SSSR count). The van der Waals surface area contributed by atoms with Crippen molar-refractivity contribution in [2.45, 2.75) is 45.6 Å². The first-order valence-corrected chi connectivity index (χ1v) is 10.2. The Morgan fingerprint density at radius 3 is 2.16 bits per heavy atom. The van der Waals surface area contributed by atoms with Gasteiger partial charge in [0.25, 0.3) is 0 Å². The maximum Gasteiger partial charge on any atom is 0.308 e. The van der Waals surface area contributed by atoms with Crippen LogP contribution in [-0.4, -0.2) is 73.3 Å². The number of amides is 1. The molecule has 0 saturated carbocycles. The molecule has 0 heterocycles. The molecule has 2 atom stereocenters. The van der Waals surface area contributed by atoms with Crippen LogP contribution in [0.3, 0.4) is 0 Å². The fraction of sp³-hybridized carbons (Fsp3) is 0.375. The normalized spacial score (nSPS) is 12.2. The zero-order chi connectivity index (χ0) is 21.9. The summed E-state index contributed by atoms with van der Waals surface area (Å²) >= 11 is 0. The average Bonchev–Trinajstić information content (AvgIpc) is 2.73. The van der Waals surface area contributed by atoms with Crippen LogP contribution in [0.15, 0.2) is 54.6 Å². The maximum atomic E-state index is 12.2. The zero-order valence-electron chi connectivity index (χ0n) is 18.2. The van der Waals surface area contributed by atoms with Gasteiger partial charge in [0.15, 0.2) is 0 Å². The fourth-order valence-electron chi connectivity index (χ4n) is 3.27. The molecule has 7 heteroatoms. The van der Waals surface area contributed by atoms with Crippen molar-refractivity contribution in [1.82, 2.24) is 5.32 Å². The first kappa shape index (κ1) is 27.1. The Morgan fingerprint density at radius 1 is 0.968 bits per heavy atom. The summed E-state index contributed by atoms with van der Waals surface area (Å²) in [5.41, 5.74) is 3.24. The van der Waals surface area contributed by atoms with Crippen LogP contribution in [-0.2, 0) is 25.5 Å². The Balaban J connectivity index is 0.00000480. The minimum absolute atomic E-state index is 0. The zero-order valence-corrected chi connectivity index (χ0v) is 20.4. The largest absolute Gasteiger partial charge is 0.481 e. The van der Waals surface area contributed by atoms with Gasteiger partial charge < -0.3 is 15.2 Å². The summed E-state index contributed by atoms with van der Waals surface area (Å²) in [7, 11) is 0. The average molecular weight is 452 g/mol. The Hall–Kier alpha value is -1.89. The Kier molecular flexibility index (Phi) is 12.5. The van der Waals surface area contributed by atoms with Crippen LogP contribution in [0.1, 0.15) is 38.7 Å². The monoisotopic (exact) mass is 451 g/mol. The van der Waals surface area contributed by atoms with Gasteiger partial charge in [0.1, 0.15) is 0 Å². The van der Waals surface area contributed by atoms with Gasteiger partial charge in [0.05, 0.1) is 18.9 Å². The molecule has 2 aromatic carbocycles. The molecule has 0 spiro atoms. The number of aliphatic carboxylic acids is 1. The molecular weight excluding hydrogens is 422 g/mol. The van der Waals surface area contributed by atoms with Crippen molar-refractivity contribution in [3.05, 3.63) is 60.2 Å². The predicted molar refractivity (Wildman–Crippen MR) is 121 cm³/mol. The van der Waals surface area contributed by atoms with Crippen molar-refractivity contribution in [3.63, 3.8) is 0 Å². The number of rotatable bonds is 11. The first-order chi connectivity index (χ1) is 14.4. The second-order valence-corrected chi connectivity index (χ2v) is 7.31. The number of carbonyl (C=O) groups is 3. The van der Waals surface area contributed by atoms with Gasteiger partial charge in [-0.3, -0.25) is 14.4 Å². The van der Waals surface area contributed by atoms with E-state index in [0.29, 0.717) is 19.4 Å². The number of hydrogen-bond acceptors (Lipinski definition) is 4. The minimum Gasteiger partial charge on any atom is -0.481 e. The molecule has 0 saturated heterocycles. The quantitative estimate of drug-likeness (QED) is 0.403. The summed E-state index contributed by atoms with van der Waals surface area (Å²) in [6.07, 6.45) is 0.639. The van der Waals surface area contributed by atoms with Crippen LogP contribution in [0.4, 0.5) is 0 Å². The minimum atomic E-state index is -1.02. The fourth-order valence-corrected chi connectivity index (χ4v) is 3.27. The Morgan fingerprint density at radius 2 is 1.58 bits per heavy atom. The number of ether oxygens (including phenoxy) is 1. The van der Waals surface area contributed by atoms with Crippen LogP contribution in [0.2, 0.25) is 0 Å². The van der Waals surface area contributed by atoms with E-state index in [0.717, 1.165) is 16.7 Å². The standard InChI is InChI=1S/C24H29NO5.Ca/c1-3-30-24(29)17(2)15-21(25-22(26)13-14-23(27)28)16-18-9-11-20(12-10-18)19-7-5-4-6-8-19;/h4-12,17,21H,3,13-16H2,1-2H3,(H,25,26)(H,27,28);/t17-,21+;/m1./s1. The smallest absolute Gasteiger partial charge is 0.308 e. The van der Waals surface area contributed by atoms with E-state index in [9.17, 15) is 14.4 Å². The molecule has 6 nitrogen and oxygen atoms in total. The maximum absolute atomic E-state index is 12.2. The number of nitrogens with one attached hydrogen (secondary N) is 1. The van der Waals surface area contributed by atoms with Crippen LogP contribution < -0.4 is 5.32 Å². The molecule has 2 radical (unpaired) electrons. The molecule has 0 fully saturated rings. The van der Waals surface area contributed by atoms with Crippen molar-refractivity contribution in [1.29, 1.82) is 0 Å². The van der Waals surface area contributed by atoms with E-state index >= 15 is 0 Å². The third kappa shape index (κ3) is 9.85. The summed E-state index contributed by atoms with van der Waals surface area (Å²) in [6, 6.07) is 17.8. The number of carboxylic acids is 1. The van der Waals surface area contributed by atoms with Gasteiger partial charge in [0, 0.05) is 50.2 Å². The SMILES string of the molecule is CCOC(=O)[C@H](C)C[C@@H](Cc1ccc(-c2ccccc2)cc1)NC(=O)CCC(=O)O.[Ca]. The van der Waals surface area contributed by atoms with E-state index in [1.54, 1.807) is 13.8 Å². The molecule has 0 aromatic heterocycles. The van der Waals surface area contributed by atoms with Gasteiger partial charge >= 0.3 is 11.9 Å². The van der Waals surface area contributed by atoms with E-state index < -0.39 is 5.97 Å². The van der Waals surface area contributed by atoms with E-state index in [1.807, 2.05) is 54.6 Å². The van der Waals surface area contributed by atoms with Gasteiger partial charge in [-0.25, -0.2) is 0 Å². The third-order valence-electron chi connectivity index (χ3n) is 4.80. The second kappa shape index (κ2) is 14.2. The Bertz CT molecular complexity index is 839. The van der Waals surface area contributed by atoms with E-state index in [2.05, 4.69) is 5.32 Å². The van der Waals surface area contributed by atoms with Crippen molar-refractivity contribution in [2.24, 2.45) is 5.92 Å². The van der Waals surface area contributed by atoms with Gasteiger partial charge in [-0.15, -0.1) is 0 Å². The molecule has 0 aliphatic heterocycles. The molecule has 162 valence electrons. The van der Waals surface area contributed by atoms with Gasteiger partial charge in [-0.1, -0.05) is 61.5 Å². The third-order valence-corrected chi connectivity index (χ3v) is 4.80. The molecule has 1 amide bonds. The summed E-state index contributed by atoms with van der Waals surface area (Å²) in [6.45, 7) is 3.83. The van der Waals surface area contributed by atoms with Crippen LogP contribution >= 0.6 is 0 Å². The molecule has 2 N–H and O–H groups in total. The van der Waals surface area contributed by atoms with Crippen molar-refractivity contribution >= 4 is 55.6 Å². The summed E-state index contributed by atoms with van der Waals surface area (Å²) in [4.78, 5) is 34.9. The number of benzene rings is 2. The van der Waals surface area contributed by atoms with E-state index in [-0.39, 0.29) is 74.4 Å². The van der Waals surface area contributed by atoms with Crippen LogP contribution in [0.5, 0.6) is 0 Å². The number of carbonyl (C=O) groups excluding carboxylic acids is 2. The van der Waals surface area contributed by atoms with E-state index in [4.69, 9.17) is 9.84 Å². The van der Waals surface area contributed by atoms with Crippen LogP contribution in [0.25, 0.3) is 11.1 Å². The molecular formula is C24H29CaNO5. The number of hydrogen-bond donors (Lipinski definition) is 2. The topological polar surface area (TPSA) is 92.7 Å². The van der Waals surface area contributed by atoms with Crippen LogP contribution in [0, 0.1) is 5.92 Å². The first-order valence-electron chi connectivity index (χ1n) is 10.2. The predicted octanol–water partition coefficient (Wildman–Crippen LogP) is 3.45. The summed E-state index contributed by atoms with van der Waals surface area (Å²) in [5.74, 6) is -2.03.